The first kappa shape index (κ1) is 20.0. The summed E-state index contributed by atoms with van der Waals surface area (Å²) in [4.78, 5) is 32.5. The van der Waals surface area contributed by atoms with Crippen molar-refractivity contribution in [3.8, 4) is 0 Å². The molecule has 0 fully saturated rings. The van der Waals surface area contributed by atoms with E-state index in [1.54, 1.807) is 36.9 Å². The van der Waals surface area contributed by atoms with Gasteiger partial charge in [-0.2, -0.15) is 0 Å². The minimum Gasteiger partial charge on any atom is -0.462 e. The van der Waals surface area contributed by atoms with E-state index in [1.807, 2.05) is 0 Å². The number of aliphatic hydroxyl groups excluding tert-OH is 1. The minimum atomic E-state index is -0.576. The molecule has 0 bridgehead atoms. The van der Waals surface area contributed by atoms with Crippen LogP contribution in [0.5, 0.6) is 0 Å². The van der Waals surface area contributed by atoms with Crippen LogP contribution in [0, 0.1) is 10.1 Å². The van der Waals surface area contributed by atoms with Crippen LogP contribution in [0.4, 0.5) is 23.0 Å². The average molecular weight is 375 g/mol. The third-order valence-corrected chi connectivity index (χ3v) is 3.67. The fourth-order valence-corrected chi connectivity index (χ4v) is 2.47. The number of likely N-dealkylation sites (N-methyl/N-ethyl adjacent to an activating group) is 1. The first-order valence-electron chi connectivity index (χ1n) is 8.41. The van der Waals surface area contributed by atoms with Crippen molar-refractivity contribution < 1.29 is 19.6 Å². The minimum absolute atomic E-state index is 0.0117. The molecule has 1 aromatic carbocycles. The molecule has 0 unspecified atom stereocenters. The van der Waals surface area contributed by atoms with E-state index in [-0.39, 0.29) is 37.1 Å². The molecular formula is C17H21N5O5. The highest BCUT2D eigenvalue weighted by molar-refractivity contribution is 5.91. The summed E-state index contributed by atoms with van der Waals surface area (Å²) >= 11 is 0. The number of ether oxygens (including phenoxy) is 1. The van der Waals surface area contributed by atoms with Crippen LogP contribution in [0.2, 0.25) is 0 Å². The van der Waals surface area contributed by atoms with Gasteiger partial charge in [0.25, 0.3) is 0 Å². The third-order valence-electron chi connectivity index (χ3n) is 3.67. The van der Waals surface area contributed by atoms with Crippen LogP contribution in [0.15, 0.2) is 30.6 Å². The highest BCUT2D eigenvalue weighted by Crippen LogP contribution is 2.33. The van der Waals surface area contributed by atoms with Crippen LogP contribution in [-0.4, -0.2) is 52.3 Å². The summed E-state index contributed by atoms with van der Waals surface area (Å²) in [5.41, 5.74) is 0.446. The van der Waals surface area contributed by atoms with E-state index < -0.39 is 10.9 Å². The summed E-state index contributed by atoms with van der Waals surface area (Å²) in [6.07, 6.45) is 1.21. The van der Waals surface area contributed by atoms with Crippen molar-refractivity contribution in [3.63, 3.8) is 0 Å². The number of carbonyl (C=O) groups excluding carboxylic acids is 1. The SMILES string of the molecule is CCOC(=O)c1cccc(Nc2ncnc(N(CC)CCO)c2[N+](=O)[O-])c1. The van der Waals surface area contributed by atoms with Crippen molar-refractivity contribution in [3.05, 3.63) is 46.3 Å². The summed E-state index contributed by atoms with van der Waals surface area (Å²) in [5, 5.41) is 23.7. The van der Waals surface area contributed by atoms with Gasteiger partial charge in [-0.1, -0.05) is 6.07 Å². The van der Waals surface area contributed by atoms with Gasteiger partial charge in [0.2, 0.25) is 11.6 Å². The number of anilines is 3. The summed E-state index contributed by atoms with van der Waals surface area (Å²) < 4.78 is 4.96. The van der Waals surface area contributed by atoms with E-state index >= 15 is 0 Å². The first-order valence-corrected chi connectivity index (χ1v) is 8.41. The molecule has 0 spiro atoms. The second-order valence-electron chi connectivity index (χ2n) is 5.38. The summed E-state index contributed by atoms with van der Waals surface area (Å²) in [6, 6.07) is 6.39. The first-order chi connectivity index (χ1) is 13.0. The predicted octanol–water partition coefficient (Wildman–Crippen LogP) is 2.12. The van der Waals surface area contributed by atoms with Crippen molar-refractivity contribution in [2.75, 3.05) is 36.5 Å². The number of nitro groups is 1. The molecule has 2 aromatic rings. The molecule has 27 heavy (non-hydrogen) atoms. The van der Waals surface area contributed by atoms with E-state index in [9.17, 15) is 20.0 Å². The maximum atomic E-state index is 11.9. The monoisotopic (exact) mass is 375 g/mol. The molecule has 2 rings (SSSR count). The van der Waals surface area contributed by atoms with Gasteiger partial charge in [0.1, 0.15) is 6.33 Å². The zero-order valence-electron chi connectivity index (χ0n) is 15.1. The van der Waals surface area contributed by atoms with E-state index in [0.29, 0.717) is 17.8 Å². The predicted molar refractivity (Wildman–Crippen MR) is 99.3 cm³/mol. The number of benzene rings is 1. The zero-order valence-corrected chi connectivity index (χ0v) is 15.1. The van der Waals surface area contributed by atoms with E-state index in [4.69, 9.17) is 4.74 Å². The third kappa shape index (κ3) is 4.88. The fourth-order valence-electron chi connectivity index (χ4n) is 2.47. The summed E-state index contributed by atoms with van der Waals surface area (Å²) in [5.74, 6) is -0.392. The molecule has 0 radical (unpaired) electrons. The van der Waals surface area contributed by atoms with Crippen molar-refractivity contribution in [2.24, 2.45) is 0 Å². The number of nitrogens with one attached hydrogen (secondary N) is 1. The second-order valence-corrected chi connectivity index (χ2v) is 5.38. The van der Waals surface area contributed by atoms with Gasteiger partial charge < -0.3 is 20.1 Å². The van der Waals surface area contributed by atoms with Crippen LogP contribution in [0.25, 0.3) is 0 Å². The molecule has 2 N–H and O–H groups in total. The Morgan fingerprint density at radius 2 is 2.15 bits per heavy atom. The van der Waals surface area contributed by atoms with Crippen molar-refractivity contribution in [1.82, 2.24) is 9.97 Å². The highest BCUT2D eigenvalue weighted by Gasteiger charge is 2.26. The van der Waals surface area contributed by atoms with Gasteiger partial charge in [0.15, 0.2) is 0 Å². The van der Waals surface area contributed by atoms with E-state index in [1.165, 1.54) is 12.4 Å². The van der Waals surface area contributed by atoms with Crippen molar-refractivity contribution in [1.29, 1.82) is 0 Å². The Bertz CT molecular complexity index is 814. The Balaban J connectivity index is 2.40. The molecule has 0 saturated carbocycles. The Hall–Kier alpha value is -3.27. The lowest BCUT2D eigenvalue weighted by atomic mass is 10.2. The van der Waals surface area contributed by atoms with Crippen molar-refractivity contribution >= 4 is 29.0 Å². The second kappa shape index (κ2) is 9.43. The Morgan fingerprint density at radius 3 is 2.78 bits per heavy atom. The molecule has 10 heteroatoms. The zero-order chi connectivity index (χ0) is 19.8. The lowest BCUT2D eigenvalue weighted by Crippen LogP contribution is -2.28. The van der Waals surface area contributed by atoms with Gasteiger partial charge in [-0.15, -0.1) is 0 Å². The molecule has 1 aromatic heterocycles. The summed E-state index contributed by atoms with van der Waals surface area (Å²) in [6.45, 7) is 4.21. The molecule has 0 aliphatic carbocycles. The van der Waals surface area contributed by atoms with Crippen LogP contribution in [-0.2, 0) is 4.74 Å². The van der Waals surface area contributed by atoms with Gasteiger partial charge in [-0.25, -0.2) is 14.8 Å². The Labute approximate surface area is 156 Å². The molecule has 0 amide bonds. The molecule has 0 aliphatic rings. The molecule has 0 aliphatic heterocycles. The molecule has 0 saturated heterocycles. The number of aliphatic hydroxyl groups is 1. The van der Waals surface area contributed by atoms with Crippen LogP contribution >= 0.6 is 0 Å². The quantitative estimate of drug-likeness (QED) is 0.384. The van der Waals surface area contributed by atoms with E-state index in [0.717, 1.165) is 0 Å². The highest BCUT2D eigenvalue weighted by atomic mass is 16.6. The number of rotatable bonds is 9. The topological polar surface area (TPSA) is 131 Å². The lowest BCUT2D eigenvalue weighted by molar-refractivity contribution is -0.383. The Morgan fingerprint density at radius 1 is 1.37 bits per heavy atom. The van der Waals surface area contributed by atoms with Crippen LogP contribution in [0.1, 0.15) is 24.2 Å². The molecular weight excluding hydrogens is 354 g/mol. The number of hydrogen-bond acceptors (Lipinski definition) is 9. The standard InChI is InChI=1S/C17H21N5O5/c1-3-21(8-9-23)16-14(22(25)26)15(18-11-19-16)20-13-7-5-6-12(10-13)17(24)27-4-2/h5-7,10-11,23H,3-4,8-9H2,1-2H3,(H,18,19,20). The van der Waals surface area contributed by atoms with E-state index in [2.05, 4.69) is 15.3 Å². The van der Waals surface area contributed by atoms with Crippen molar-refractivity contribution in [2.45, 2.75) is 13.8 Å². The largest absolute Gasteiger partial charge is 0.462 e. The Kier molecular flexibility index (Phi) is 7.00. The number of esters is 1. The molecule has 0 atom stereocenters. The normalized spacial score (nSPS) is 10.3. The maximum Gasteiger partial charge on any atom is 0.353 e. The molecule has 10 nitrogen and oxygen atoms in total. The lowest BCUT2D eigenvalue weighted by Gasteiger charge is -2.21. The number of hydrogen-bond donors (Lipinski definition) is 2. The number of nitrogens with zero attached hydrogens (tertiary/aromatic N) is 4. The number of aromatic nitrogens is 2. The molecule has 1 heterocycles. The average Bonchev–Trinajstić information content (AvgIpc) is 2.66. The van der Waals surface area contributed by atoms with Gasteiger partial charge in [0.05, 0.1) is 23.7 Å². The molecule has 144 valence electrons. The smallest absolute Gasteiger partial charge is 0.353 e. The van der Waals surface area contributed by atoms with Gasteiger partial charge in [-0.05, 0) is 32.0 Å². The van der Waals surface area contributed by atoms with Gasteiger partial charge >= 0.3 is 11.7 Å². The fraction of sp³-hybridized carbons (Fsp3) is 0.353. The number of carbonyl (C=O) groups is 1. The van der Waals surface area contributed by atoms with Gasteiger partial charge in [-0.3, -0.25) is 10.1 Å². The summed E-state index contributed by atoms with van der Waals surface area (Å²) in [7, 11) is 0. The van der Waals surface area contributed by atoms with Crippen LogP contribution in [0.3, 0.4) is 0 Å². The van der Waals surface area contributed by atoms with Gasteiger partial charge in [0, 0.05) is 18.8 Å². The van der Waals surface area contributed by atoms with Crippen LogP contribution < -0.4 is 10.2 Å². The maximum absolute atomic E-state index is 11.9.